The predicted octanol–water partition coefficient (Wildman–Crippen LogP) is 2.32. The monoisotopic (exact) mass is 395 g/mol. The molecule has 10 nitrogen and oxygen atoms in total. The summed E-state index contributed by atoms with van der Waals surface area (Å²) in [6.07, 6.45) is 4.59. The molecule has 1 amide bonds. The molecule has 1 heterocycles. The number of hydrogen-bond donors (Lipinski definition) is 2. The van der Waals surface area contributed by atoms with Gasteiger partial charge in [-0.15, -0.1) is 0 Å². The molecule has 148 valence electrons. The van der Waals surface area contributed by atoms with E-state index in [-0.39, 0.29) is 11.3 Å². The minimum Gasteiger partial charge on any atom is -0.502 e. The summed E-state index contributed by atoms with van der Waals surface area (Å²) in [4.78, 5) is 22.6. The van der Waals surface area contributed by atoms with Crippen LogP contribution in [-0.4, -0.2) is 39.0 Å². The van der Waals surface area contributed by atoms with Crippen LogP contribution in [0.5, 0.6) is 11.5 Å². The number of aromatic nitrogens is 2. The lowest BCUT2D eigenvalue weighted by Crippen LogP contribution is -2.18. The number of nitro groups is 1. The number of hydrazone groups is 1. The number of benzene rings is 2. The first kappa shape index (κ1) is 19.5. The fourth-order valence-electron chi connectivity index (χ4n) is 2.59. The van der Waals surface area contributed by atoms with Crippen LogP contribution in [0.1, 0.15) is 21.5 Å². The summed E-state index contributed by atoms with van der Waals surface area (Å²) in [5.41, 5.74) is 3.10. The summed E-state index contributed by atoms with van der Waals surface area (Å²) in [6.45, 7) is 0.513. The standard InChI is InChI=1S/C19H17N5O5/c1-29-16-9-15(18(25)17(10-16)24(27)28)11-20-22-19(26)14-5-2-4-13(8-14)12-23-7-3-6-21-23/h2-11,25H,12H2,1H3,(H,22,26). The number of methoxy groups -OCH3 is 1. The van der Waals surface area contributed by atoms with Gasteiger partial charge in [0, 0.05) is 23.5 Å². The average molecular weight is 395 g/mol. The fourth-order valence-corrected chi connectivity index (χ4v) is 2.59. The highest BCUT2D eigenvalue weighted by Gasteiger charge is 2.18. The molecule has 10 heteroatoms. The summed E-state index contributed by atoms with van der Waals surface area (Å²) in [5, 5.41) is 28.9. The van der Waals surface area contributed by atoms with Crippen LogP contribution in [0.15, 0.2) is 60.0 Å². The normalized spacial score (nSPS) is 10.8. The Morgan fingerprint density at radius 2 is 2.21 bits per heavy atom. The Hall–Kier alpha value is -4.21. The smallest absolute Gasteiger partial charge is 0.315 e. The molecule has 2 N–H and O–H groups in total. The topological polar surface area (TPSA) is 132 Å². The lowest BCUT2D eigenvalue weighted by molar-refractivity contribution is -0.385. The quantitative estimate of drug-likeness (QED) is 0.358. The van der Waals surface area contributed by atoms with Crippen molar-refractivity contribution in [3.8, 4) is 11.5 Å². The van der Waals surface area contributed by atoms with E-state index >= 15 is 0 Å². The van der Waals surface area contributed by atoms with Crippen LogP contribution in [-0.2, 0) is 6.54 Å². The molecule has 2 aromatic carbocycles. The molecule has 0 aliphatic rings. The lowest BCUT2D eigenvalue weighted by atomic mass is 10.1. The summed E-state index contributed by atoms with van der Waals surface area (Å²) in [6, 6.07) is 11.2. The zero-order valence-corrected chi connectivity index (χ0v) is 15.3. The van der Waals surface area contributed by atoms with E-state index in [0.717, 1.165) is 17.8 Å². The summed E-state index contributed by atoms with van der Waals surface area (Å²) in [5.74, 6) is -0.871. The number of amides is 1. The van der Waals surface area contributed by atoms with Crippen molar-refractivity contribution in [1.82, 2.24) is 15.2 Å². The van der Waals surface area contributed by atoms with Gasteiger partial charge in [-0.05, 0) is 29.8 Å². The summed E-state index contributed by atoms with van der Waals surface area (Å²) in [7, 11) is 1.34. The number of nitro benzene ring substituents is 1. The van der Waals surface area contributed by atoms with Crippen molar-refractivity contribution in [3.63, 3.8) is 0 Å². The minimum absolute atomic E-state index is 0.0313. The molecule has 0 atom stereocenters. The van der Waals surface area contributed by atoms with Crippen LogP contribution < -0.4 is 10.2 Å². The van der Waals surface area contributed by atoms with Crippen molar-refractivity contribution in [2.75, 3.05) is 7.11 Å². The van der Waals surface area contributed by atoms with Crippen molar-refractivity contribution >= 4 is 17.8 Å². The van der Waals surface area contributed by atoms with E-state index in [9.17, 15) is 20.0 Å². The number of ether oxygens (including phenoxy) is 1. The zero-order valence-electron chi connectivity index (χ0n) is 15.3. The first-order valence-electron chi connectivity index (χ1n) is 8.43. The third-order valence-corrected chi connectivity index (χ3v) is 3.99. The van der Waals surface area contributed by atoms with Crippen LogP contribution in [0, 0.1) is 10.1 Å². The van der Waals surface area contributed by atoms with E-state index in [1.807, 2.05) is 18.3 Å². The van der Waals surface area contributed by atoms with Crippen LogP contribution in [0.25, 0.3) is 0 Å². The van der Waals surface area contributed by atoms with Crippen molar-refractivity contribution in [1.29, 1.82) is 0 Å². The highest BCUT2D eigenvalue weighted by atomic mass is 16.6. The highest BCUT2D eigenvalue weighted by Crippen LogP contribution is 2.33. The van der Waals surface area contributed by atoms with E-state index in [4.69, 9.17) is 4.74 Å². The van der Waals surface area contributed by atoms with Crippen LogP contribution >= 0.6 is 0 Å². The number of phenols is 1. The molecule has 0 radical (unpaired) electrons. The Morgan fingerprint density at radius 3 is 2.90 bits per heavy atom. The molecule has 0 unspecified atom stereocenters. The van der Waals surface area contributed by atoms with Crippen molar-refractivity contribution in [2.45, 2.75) is 6.54 Å². The van der Waals surface area contributed by atoms with E-state index in [1.54, 1.807) is 29.1 Å². The maximum absolute atomic E-state index is 12.3. The van der Waals surface area contributed by atoms with Gasteiger partial charge < -0.3 is 9.84 Å². The van der Waals surface area contributed by atoms with E-state index in [2.05, 4.69) is 15.6 Å². The van der Waals surface area contributed by atoms with Crippen LogP contribution in [0.2, 0.25) is 0 Å². The molecule has 0 saturated carbocycles. The maximum atomic E-state index is 12.3. The van der Waals surface area contributed by atoms with Crippen molar-refractivity contribution in [3.05, 3.63) is 81.7 Å². The molecule has 0 spiro atoms. The van der Waals surface area contributed by atoms with Gasteiger partial charge in [-0.25, -0.2) is 5.43 Å². The number of rotatable bonds is 7. The van der Waals surface area contributed by atoms with Crippen LogP contribution in [0.4, 0.5) is 5.69 Å². The number of nitrogens with zero attached hydrogens (tertiary/aromatic N) is 4. The molecule has 0 aliphatic heterocycles. The Bertz CT molecular complexity index is 1060. The van der Waals surface area contributed by atoms with Gasteiger partial charge in [-0.3, -0.25) is 19.6 Å². The van der Waals surface area contributed by atoms with Crippen molar-refractivity contribution in [2.24, 2.45) is 5.10 Å². The average Bonchev–Trinajstić information content (AvgIpc) is 3.22. The number of phenolic OH excluding ortho intramolecular Hbond substituents is 1. The first-order chi connectivity index (χ1) is 14.0. The molecule has 0 bridgehead atoms. The van der Waals surface area contributed by atoms with E-state index in [1.165, 1.54) is 13.2 Å². The number of carbonyl (C=O) groups excluding carboxylic acids is 1. The Labute approximate surface area is 165 Å². The third-order valence-electron chi connectivity index (χ3n) is 3.99. The summed E-state index contributed by atoms with van der Waals surface area (Å²) >= 11 is 0. The van der Waals surface area contributed by atoms with E-state index in [0.29, 0.717) is 12.1 Å². The van der Waals surface area contributed by atoms with Gasteiger partial charge in [0.05, 0.1) is 30.9 Å². The van der Waals surface area contributed by atoms with Gasteiger partial charge in [0.2, 0.25) is 5.75 Å². The Morgan fingerprint density at radius 1 is 1.38 bits per heavy atom. The maximum Gasteiger partial charge on any atom is 0.315 e. The minimum atomic E-state index is -0.737. The number of aromatic hydroxyl groups is 1. The van der Waals surface area contributed by atoms with Crippen molar-refractivity contribution < 1.29 is 19.6 Å². The number of hydrogen-bond acceptors (Lipinski definition) is 7. The second kappa shape index (κ2) is 8.65. The predicted molar refractivity (Wildman–Crippen MR) is 104 cm³/mol. The van der Waals surface area contributed by atoms with Gasteiger partial charge in [-0.2, -0.15) is 10.2 Å². The van der Waals surface area contributed by atoms with Gasteiger partial charge >= 0.3 is 5.69 Å². The van der Waals surface area contributed by atoms with E-state index < -0.39 is 22.3 Å². The van der Waals surface area contributed by atoms with Gasteiger partial charge in [0.15, 0.2) is 0 Å². The molecular formula is C19H17N5O5. The molecule has 0 aliphatic carbocycles. The molecule has 0 saturated heterocycles. The zero-order chi connectivity index (χ0) is 20.8. The molecular weight excluding hydrogens is 378 g/mol. The summed E-state index contributed by atoms with van der Waals surface area (Å²) < 4.78 is 6.71. The molecule has 3 rings (SSSR count). The SMILES string of the molecule is COc1cc(C=NNC(=O)c2cccc(Cn3cccn3)c2)c(O)c([N+](=O)[O-])c1. The molecule has 1 aromatic heterocycles. The first-order valence-corrected chi connectivity index (χ1v) is 8.43. The number of nitrogens with one attached hydrogen (secondary N) is 1. The largest absolute Gasteiger partial charge is 0.502 e. The van der Waals surface area contributed by atoms with Gasteiger partial charge in [0.1, 0.15) is 5.75 Å². The third kappa shape index (κ3) is 4.75. The second-order valence-electron chi connectivity index (χ2n) is 5.94. The molecule has 3 aromatic rings. The molecule has 0 fully saturated rings. The number of carbonyl (C=O) groups is 1. The highest BCUT2D eigenvalue weighted by molar-refractivity contribution is 5.95. The van der Waals surface area contributed by atoms with Gasteiger partial charge in [0.25, 0.3) is 5.91 Å². The molecule has 29 heavy (non-hydrogen) atoms. The lowest BCUT2D eigenvalue weighted by Gasteiger charge is -2.06. The fraction of sp³-hybridized carbons (Fsp3) is 0.105. The Kier molecular flexibility index (Phi) is 5.83. The van der Waals surface area contributed by atoms with Gasteiger partial charge in [-0.1, -0.05) is 12.1 Å². The second-order valence-corrected chi connectivity index (χ2v) is 5.94. The Balaban J connectivity index is 1.73. The van der Waals surface area contributed by atoms with Crippen LogP contribution in [0.3, 0.4) is 0 Å².